The smallest absolute Gasteiger partial charge is 0.339 e. The van der Waals surface area contributed by atoms with Crippen molar-refractivity contribution in [2.75, 3.05) is 0 Å². The average Bonchev–Trinajstić information content (AvgIpc) is 2.79. The van der Waals surface area contributed by atoms with Gasteiger partial charge in [0.25, 0.3) is 9.05 Å². The molecule has 0 aromatic heterocycles. The number of benzene rings is 1. The van der Waals surface area contributed by atoms with E-state index in [9.17, 15) is 17.6 Å². The molecule has 1 fully saturated rings. The van der Waals surface area contributed by atoms with Crippen molar-refractivity contribution in [3.8, 4) is 0 Å². The van der Waals surface area contributed by atoms with E-state index in [0.29, 0.717) is 0 Å². The number of ether oxygens (including phenoxy) is 1. The molecule has 20 heavy (non-hydrogen) atoms. The molecule has 1 saturated carbocycles. The third-order valence-corrected chi connectivity index (χ3v) is 5.07. The molecular formula is C12H11BrClFO4S. The van der Waals surface area contributed by atoms with Crippen molar-refractivity contribution >= 4 is 41.6 Å². The highest BCUT2D eigenvalue weighted by Gasteiger charge is 2.25. The first kappa shape index (κ1) is 15.7. The summed E-state index contributed by atoms with van der Waals surface area (Å²) in [5, 5.41) is 0. The Kier molecular flexibility index (Phi) is 4.71. The summed E-state index contributed by atoms with van der Waals surface area (Å²) in [5.41, 5.74) is -0.0578. The first-order chi connectivity index (χ1) is 9.29. The fraction of sp³-hybridized carbons (Fsp3) is 0.417. The molecule has 0 N–H and O–H groups in total. The second kappa shape index (κ2) is 5.99. The van der Waals surface area contributed by atoms with Crippen LogP contribution in [-0.2, 0) is 13.8 Å². The van der Waals surface area contributed by atoms with Gasteiger partial charge in [-0.15, -0.1) is 0 Å². The molecule has 4 nitrogen and oxygen atoms in total. The van der Waals surface area contributed by atoms with E-state index in [-0.39, 0.29) is 16.1 Å². The van der Waals surface area contributed by atoms with E-state index >= 15 is 0 Å². The topological polar surface area (TPSA) is 60.4 Å². The number of halogens is 3. The van der Waals surface area contributed by atoms with Crippen LogP contribution in [0.2, 0.25) is 0 Å². The molecule has 0 atom stereocenters. The Morgan fingerprint density at radius 2 is 1.95 bits per heavy atom. The Morgan fingerprint density at radius 3 is 2.50 bits per heavy atom. The van der Waals surface area contributed by atoms with Gasteiger partial charge in [0.15, 0.2) is 0 Å². The van der Waals surface area contributed by atoms with Gasteiger partial charge in [0.2, 0.25) is 0 Å². The van der Waals surface area contributed by atoms with E-state index < -0.39 is 25.7 Å². The number of esters is 1. The number of rotatable bonds is 3. The highest BCUT2D eigenvalue weighted by Crippen LogP contribution is 2.29. The molecule has 0 amide bonds. The number of hydrogen-bond donors (Lipinski definition) is 0. The Labute approximate surface area is 128 Å². The number of hydrogen-bond acceptors (Lipinski definition) is 4. The van der Waals surface area contributed by atoms with Gasteiger partial charge in [-0.05, 0) is 53.7 Å². The summed E-state index contributed by atoms with van der Waals surface area (Å²) in [6.45, 7) is 0. The van der Waals surface area contributed by atoms with Gasteiger partial charge in [-0.25, -0.2) is 17.6 Å². The first-order valence-electron chi connectivity index (χ1n) is 5.93. The highest BCUT2D eigenvalue weighted by atomic mass is 79.9. The lowest BCUT2D eigenvalue weighted by Crippen LogP contribution is -2.16. The molecule has 0 heterocycles. The van der Waals surface area contributed by atoms with Crippen LogP contribution in [0.1, 0.15) is 36.0 Å². The molecular weight excluding hydrogens is 375 g/mol. The SMILES string of the molecule is O=C(OC1CCCC1)c1cc(S(=O)(=O)Cl)c(F)cc1Br. The van der Waals surface area contributed by atoms with Gasteiger partial charge in [0, 0.05) is 15.2 Å². The Bertz CT molecular complexity index is 641. The van der Waals surface area contributed by atoms with Crippen LogP contribution < -0.4 is 0 Å². The lowest BCUT2D eigenvalue weighted by atomic mass is 10.2. The minimum atomic E-state index is -4.26. The molecule has 0 saturated heterocycles. The molecule has 0 spiro atoms. The van der Waals surface area contributed by atoms with Gasteiger partial charge in [-0.3, -0.25) is 0 Å². The van der Waals surface area contributed by atoms with Crippen molar-refractivity contribution < 1.29 is 22.3 Å². The average molecular weight is 386 g/mol. The maximum atomic E-state index is 13.5. The summed E-state index contributed by atoms with van der Waals surface area (Å²) in [5.74, 6) is -1.71. The zero-order chi connectivity index (χ0) is 14.9. The molecule has 0 aliphatic heterocycles. The maximum absolute atomic E-state index is 13.5. The van der Waals surface area contributed by atoms with Gasteiger partial charge in [-0.2, -0.15) is 0 Å². The highest BCUT2D eigenvalue weighted by molar-refractivity contribution is 9.10. The summed E-state index contributed by atoms with van der Waals surface area (Å²) < 4.78 is 41.4. The van der Waals surface area contributed by atoms with Crippen LogP contribution in [0.4, 0.5) is 4.39 Å². The lowest BCUT2D eigenvalue weighted by molar-refractivity contribution is 0.0316. The Hall–Kier alpha value is -0.660. The molecule has 0 bridgehead atoms. The van der Waals surface area contributed by atoms with E-state index in [0.717, 1.165) is 37.8 Å². The number of carbonyl (C=O) groups excluding carboxylic acids is 1. The van der Waals surface area contributed by atoms with Crippen LogP contribution >= 0.6 is 26.6 Å². The zero-order valence-electron chi connectivity index (χ0n) is 10.2. The van der Waals surface area contributed by atoms with Crippen molar-refractivity contribution in [3.05, 3.63) is 28.0 Å². The van der Waals surface area contributed by atoms with E-state index in [1.54, 1.807) is 0 Å². The zero-order valence-corrected chi connectivity index (χ0v) is 13.4. The number of carbonyl (C=O) groups is 1. The van der Waals surface area contributed by atoms with Gasteiger partial charge in [-0.1, -0.05) is 0 Å². The molecule has 0 radical (unpaired) electrons. The predicted octanol–water partition coefficient (Wildman–Crippen LogP) is 3.62. The van der Waals surface area contributed by atoms with Crippen LogP contribution in [0.5, 0.6) is 0 Å². The van der Waals surface area contributed by atoms with Crippen molar-refractivity contribution in [3.63, 3.8) is 0 Å². The molecule has 8 heteroatoms. The monoisotopic (exact) mass is 384 g/mol. The van der Waals surface area contributed by atoms with Gasteiger partial charge in [0.05, 0.1) is 5.56 Å². The van der Waals surface area contributed by atoms with E-state index in [1.165, 1.54) is 0 Å². The molecule has 2 rings (SSSR count). The van der Waals surface area contributed by atoms with Crippen LogP contribution in [0.3, 0.4) is 0 Å². The van der Waals surface area contributed by atoms with Crippen molar-refractivity contribution in [1.82, 2.24) is 0 Å². The van der Waals surface area contributed by atoms with Crippen LogP contribution in [0, 0.1) is 5.82 Å². The van der Waals surface area contributed by atoms with Crippen LogP contribution in [-0.4, -0.2) is 20.5 Å². The van der Waals surface area contributed by atoms with E-state index in [4.69, 9.17) is 15.4 Å². The second-order valence-electron chi connectivity index (χ2n) is 4.51. The largest absolute Gasteiger partial charge is 0.459 e. The standard InChI is InChI=1S/C12H11BrClFO4S/c13-9-6-10(15)11(20(14,17)18)5-8(9)12(16)19-7-3-1-2-4-7/h5-7H,1-4H2. The molecule has 1 aliphatic carbocycles. The summed E-state index contributed by atoms with van der Waals surface area (Å²) in [4.78, 5) is 11.3. The summed E-state index contributed by atoms with van der Waals surface area (Å²) in [6, 6.07) is 1.78. The van der Waals surface area contributed by atoms with Crippen molar-refractivity contribution in [2.45, 2.75) is 36.7 Å². The minimum absolute atomic E-state index is 0.0578. The quantitative estimate of drug-likeness (QED) is 0.589. The fourth-order valence-corrected chi connectivity index (χ4v) is 3.48. The lowest BCUT2D eigenvalue weighted by Gasteiger charge is -2.13. The van der Waals surface area contributed by atoms with Crippen molar-refractivity contribution in [2.24, 2.45) is 0 Å². The van der Waals surface area contributed by atoms with Crippen LogP contribution in [0.25, 0.3) is 0 Å². The summed E-state index contributed by atoms with van der Waals surface area (Å²) >= 11 is 3.02. The molecule has 110 valence electrons. The normalized spacial score (nSPS) is 16.4. The second-order valence-corrected chi connectivity index (χ2v) is 7.90. The summed E-state index contributed by atoms with van der Waals surface area (Å²) in [7, 11) is 0.863. The van der Waals surface area contributed by atoms with Gasteiger partial charge in [0.1, 0.15) is 16.8 Å². The minimum Gasteiger partial charge on any atom is -0.459 e. The van der Waals surface area contributed by atoms with Gasteiger partial charge < -0.3 is 4.74 Å². The third kappa shape index (κ3) is 3.51. The third-order valence-electron chi connectivity index (χ3n) is 3.08. The molecule has 1 aromatic carbocycles. The van der Waals surface area contributed by atoms with Gasteiger partial charge >= 0.3 is 5.97 Å². The Balaban J connectivity index is 2.33. The summed E-state index contributed by atoms with van der Waals surface area (Å²) in [6.07, 6.45) is 3.37. The Morgan fingerprint density at radius 1 is 1.35 bits per heavy atom. The van der Waals surface area contributed by atoms with Crippen molar-refractivity contribution in [1.29, 1.82) is 0 Å². The van der Waals surface area contributed by atoms with Crippen LogP contribution in [0.15, 0.2) is 21.5 Å². The first-order valence-corrected chi connectivity index (χ1v) is 9.04. The molecule has 1 aromatic rings. The molecule has 0 unspecified atom stereocenters. The molecule has 1 aliphatic rings. The predicted molar refractivity (Wildman–Crippen MR) is 74.8 cm³/mol. The fourth-order valence-electron chi connectivity index (χ4n) is 2.09. The van der Waals surface area contributed by atoms with E-state index in [2.05, 4.69) is 15.9 Å². The maximum Gasteiger partial charge on any atom is 0.339 e. The van der Waals surface area contributed by atoms with E-state index in [1.807, 2.05) is 0 Å².